The number of nitrogens with one attached hydrogen (secondary N) is 1. The lowest BCUT2D eigenvalue weighted by Crippen LogP contribution is -1.86. The van der Waals surface area contributed by atoms with Crippen molar-refractivity contribution in [3.63, 3.8) is 0 Å². The fourth-order valence-electron chi connectivity index (χ4n) is 1.56. The molecule has 1 nitrogen and oxygen atoms in total. The van der Waals surface area contributed by atoms with Crippen molar-refractivity contribution < 1.29 is 4.39 Å². The Kier molecular flexibility index (Phi) is 3.55. The van der Waals surface area contributed by atoms with Crippen molar-refractivity contribution in [2.75, 3.05) is 12.4 Å². The van der Waals surface area contributed by atoms with Crippen LogP contribution in [0.25, 0.3) is 12.2 Å². The first-order chi connectivity index (χ1) is 8.28. The van der Waals surface area contributed by atoms with Gasteiger partial charge in [0.1, 0.15) is 5.82 Å². The molecule has 0 saturated heterocycles. The van der Waals surface area contributed by atoms with Crippen molar-refractivity contribution in [3.8, 4) is 0 Å². The molecule has 0 unspecified atom stereocenters. The van der Waals surface area contributed by atoms with E-state index in [2.05, 4.69) is 5.32 Å². The van der Waals surface area contributed by atoms with E-state index in [1.165, 1.54) is 12.1 Å². The normalized spacial score (nSPS) is 10.7. The van der Waals surface area contributed by atoms with Gasteiger partial charge in [-0.2, -0.15) is 0 Å². The highest BCUT2D eigenvalue weighted by atomic mass is 19.1. The zero-order valence-corrected chi connectivity index (χ0v) is 9.65. The summed E-state index contributed by atoms with van der Waals surface area (Å²) < 4.78 is 12.9. The van der Waals surface area contributed by atoms with Crippen LogP contribution in [0.5, 0.6) is 0 Å². The van der Waals surface area contributed by atoms with Crippen LogP contribution in [0.2, 0.25) is 0 Å². The zero-order chi connectivity index (χ0) is 12.1. The third kappa shape index (κ3) is 3.18. The predicted octanol–water partition coefficient (Wildman–Crippen LogP) is 4.04. The molecule has 0 saturated carbocycles. The number of benzene rings is 2. The number of hydrogen-bond acceptors (Lipinski definition) is 1. The molecular formula is C15H14FN. The molecule has 0 aliphatic rings. The molecular weight excluding hydrogens is 213 g/mol. The third-order valence-corrected chi connectivity index (χ3v) is 2.52. The topological polar surface area (TPSA) is 12.0 Å². The van der Waals surface area contributed by atoms with E-state index in [9.17, 15) is 4.39 Å². The quantitative estimate of drug-likeness (QED) is 0.780. The Labute approximate surface area is 101 Å². The summed E-state index contributed by atoms with van der Waals surface area (Å²) in [7, 11) is 1.89. The van der Waals surface area contributed by atoms with Crippen molar-refractivity contribution in [1.29, 1.82) is 0 Å². The van der Waals surface area contributed by atoms with E-state index in [0.717, 1.165) is 16.8 Å². The van der Waals surface area contributed by atoms with E-state index in [0.29, 0.717) is 0 Å². The van der Waals surface area contributed by atoms with Crippen LogP contribution >= 0.6 is 0 Å². The van der Waals surface area contributed by atoms with E-state index in [1.807, 2.05) is 49.5 Å². The smallest absolute Gasteiger partial charge is 0.123 e. The molecule has 17 heavy (non-hydrogen) atoms. The van der Waals surface area contributed by atoms with Crippen LogP contribution in [-0.4, -0.2) is 7.05 Å². The standard InChI is InChI=1S/C15H14FN/c1-17-15-9-7-12(8-10-15)5-6-13-3-2-4-14(16)11-13/h2-11,17H,1H3/b6-5+. The van der Waals surface area contributed by atoms with Crippen molar-refractivity contribution >= 4 is 17.8 Å². The number of anilines is 1. The summed E-state index contributed by atoms with van der Waals surface area (Å²) in [5.74, 6) is -0.210. The van der Waals surface area contributed by atoms with Gasteiger partial charge in [-0.25, -0.2) is 4.39 Å². The molecule has 0 spiro atoms. The van der Waals surface area contributed by atoms with Crippen molar-refractivity contribution in [2.24, 2.45) is 0 Å². The minimum Gasteiger partial charge on any atom is -0.388 e. The van der Waals surface area contributed by atoms with Gasteiger partial charge in [-0.05, 0) is 35.4 Å². The van der Waals surface area contributed by atoms with Crippen LogP contribution in [0.4, 0.5) is 10.1 Å². The lowest BCUT2D eigenvalue weighted by molar-refractivity contribution is 0.627. The Morgan fingerprint density at radius 3 is 2.29 bits per heavy atom. The van der Waals surface area contributed by atoms with Crippen LogP contribution < -0.4 is 5.32 Å². The minimum atomic E-state index is -0.210. The van der Waals surface area contributed by atoms with Crippen LogP contribution in [0.1, 0.15) is 11.1 Å². The highest BCUT2D eigenvalue weighted by Crippen LogP contribution is 2.12. The van der Waals surface area contributed by atoms with Gasteiger partial charge in [0.25, 0.3) is 0 Å². The van der Waals surface area contributed by atoms with Crippen molar-refractivity contribution in [2.45, 2.75) is 0 Å². The summed E-state index contributed by atoms with van der Waals surface area (Å²) in [5, 5.41) is 3.06. The van der Waals surface area contributed by atoms with E-state index >= 15 is 0 Å². The third-order valence-electron chi connectivity index (χ3n) is 2.52. The van der Waals surface area contributed by atoms with Gasteiger partial charge >= 0.3 is 0 Å². The summed E-state index contributed by atoms with van der Waals surface area (Å²) in [6.45, 7) is 0. The zero-order valence-electron chi connectivity index (χ0n) is 9.65. The molecule has 0 aliphatic carbocycles. The second kappa shape index (κ2) is 5.30. The first-order valence-electron chi connectivity index (χ1n) is 5.49. The molecule has 0 bridgehead atoms. The van der Waals surface area contributed by atoms with Gasteiger partial charge < -0.3 is 5.32 Å². The molecule has 0 amide bonds. The van der Waals surface area contributed by atoms with Gasteiger partial charge in [-0.1, -0.05) is 36.4 Å². The SMILES string of the molecule is CNc1ccc(/C=C/c2cccc(F)c2)cc1. The van der Waals surface area contributed by atoms with Crippen molar-refractivity contribution in [1.82, 2.24) is 0 Å². The Hall–Kier alpha value is -2.09. The maximum absolute atomic E-state index is 12.9. The summed E-state index contributed by atoms with van der Waals surface area (Å²) in [4.78, 5) is 0. The van der Waals surface area contributed by atoms with Gasteiger partial charge in [0.05, 0.1) is 0 Å². The lowest BCUT2D eigenvalue weighted by Gasteiger charge is -1.99. The molecule has 0 fully saturated rings. The van der Waals surface area contributed by atoms with E-state index in [-0.39, 0.29) is 5.82 Å². The largest absolute Gasteiger partial charge is 0.388 e. The molecule has 2 aromatic rings. The molecule has 0 radical (unpaired) electrons. The lowest BCUT2D eigenvalue weighted by atomic mass is 10.1. The molecule has 2 heteroatoms. The fraction of sp³-hybridized carbons (Fsp3) is 0.0667. The molecule has 0 aliphatic heterocycles. The molecule has 86 valence electrons. The Morgan fingerprint density at radius 1 is 0.941 bits per heavy atom. The summed E-state index contributed by atoms with van der Waals surface area (Å²) >= 11 is 0. The first-order valence-corrected chi connectivity index (χ1v) is 5.49. The van der Waals surface area contributed by atoms with Gasteiger partial charge in [0, 0.05) is 12.7 Å². The van der Waals surface area contributed by atoms with Gasteiger partial charge in [-0.3, -0.25) is 0 Å². The van der Waals surface area contributed by atoms with Crippen molar-refractivity contribution in [3.05, 3.63) is 65.5 Å². The fourth-order valence-corrected chi connectivity index (χ4v) is 1.56. The second-order valence-electron chi connectivity index (χ2n) is 3.76. The van der Waals surface area contributed by atoms with Crippen LogP contribution in [0.15, 0.2) is 48.5 Å². The molecule has 0 heterocycles. The average Bonchev–Trinajstić information content (AvgIpc) is 2.37. The van der Waals surface area contributed by atoms with Gasteiger partial charge in [-0.15, -0.1) is 0 Å². The van der Waals surface area contributed by atoms with E-state index in [4.69, 9.17) is 0 Å². The molecule has 0 aromatic heterocycles. The van der Waals surface area contributed by atoms with Gasteiger partial charge in [0.2, 0.25) is 0 Å². The monoisotopic (exact) mass is 227 g/mol. The Balaban J connectivity index is 2.14. The highest BCUT2D eigenvalue weighted by Gasteiger charge is 1.91. The van der Waals surface area contributed by atoms with Crippen LogP contribution in [0.3, 0.4) is 0 Å². The van der Waals surface area contributed by atoms with Gasteiger partial charge in [0.15, 0.2) is 0 Å². The Bertz CT molecular complexity index is 515. The number of rotatable bonds is 3. The molecule has 0 atom stereocenters. The average molecular weight is 227 g/mol. The summed E-state index contributed by atoms with van der Waals surface area (Å²) in [6.07, 6.45) is 3.87. The predicted molar refractivity (Wildman–Crippen MR) is 71.3 cm³/mol. The maximum atomic E-state index is 12.9. The highest BCUT2D eigenvalue weighted by molar-refractivity contribution is 5.70. The number of halogens is 1. The Morgan fingerprint density at radius 2 is 1.65 bits per heavy atom. The maximum Gasteiger partial charge on any atom is 0.123 e. The second-order valence-corrected chi connectivity index (χ2v) is 3.76. The summed E-state index contributed by atoms with van der Waals surface area (Å²) in [6, 6.07) is 14.6. The van der Waals surface area contributed by atoms with Crippen LogP contribution in [-0.2, 0) is 0 Å². The number of hydrogen-bond donors (Lipinski definition) is 1. The van der Waals surface area contributed by atoms with E-state index < -0.39 is 0 Å². The van der Waals surface area contributed by atoms with Crippen LogP contribution in [0, 0.1) is 5.82 Å². The molecule has 2 aromatic carbocycles. The first kappa shape index (κ1) is 11.4. The minimum absolute atomic E-state index is 0.210. The van der Waals surface area contributed by atoms with E-state index in [1.54, 1.807) is 6.07 Å². The molecule has 1 N–H and O–H groups in total. The summed E-state index contributed by atoms with van der Waals surface area (Å²) in [5.41, 5.74) is 3.03. The molecule has 2 rings (SSSR count).